The van der Waals surface area contributed by atoms with Gasteiger partial charge in [-0.1, -0.05) is 103 Å². The van der Waals surface area contributed by atoms with Crippen molar-refractivity contribution in [2.24, 2.45) is 0 Å². The molecule has 22 nitrogen and oxygen atoms in total. The van der Waals surface area contributed by atoms with Gasteiger partial charge in [-0.05, 0) is 198 Å². The Balaban J connectivity index is 0.000000197. The van der Waals surface area contributed by atoms with Crippen molar-refractivity contribution in [1.82, 2.24) is 19.6 Å². The maximum atomic E-state index is 14.1. The molecule has 27 heteroatoms. The van der Waals surface area contributed by atoms with Crippen LogP contribution in [-0.4, -0.2) is 152 Å². The van der Waals surface area contributed by atoms with E-state index >= 15 is 0 Å². The number of likely N-dealkylation sites (N-methyl/N-ethyl adjacent to an activating group) is 3. The molecule has 0 bridgehead atoms. The van der Waals surface area contributed by atoms with E-state index in [0.29, 0.717) is 106 Å². The SMILES string of the molecule is COc1cc2c(cc1OCc1cc(COc3cc4c(cc3C)C(=O)N3Cc5ccccc5[C@H]3C(C)N4C)cc(N(C)C(=O)CSC)c1)N(C)[CH-][C@@H]1c3ccccc3CN1C2=O.COc1cc2c(cc1OCc1cc(COc3cc4c(cc3C)C(=O)N3Cc5ccccc5[C@H]3[C-]=[N+]4C)cc(N(C)C(=O)CSC)c1)N(C)[CH-][C@@H]1c3ccccc3CN1C2=O.[Y].[Y].[Y]. The van der Waals surface area contributed by atoms with Crippen LogP contribution in [-0.2, 0) is 160 Å². The largest absolute Gasteiger partial charge is 0.522 e. The van der Waals surface area contributed by atoms with E-state index in [1.807, 2.05) is 210 Å². The van der Waals surface area contributed by atoms with E-state index < -0.39 is 0 Å². The normalized spacial score (nSPS) is 17.6. The first-order valence-electron chi connectivity index (χ1n) is 40.4. The molecular formula is C97H96N10O12S2Y3-2. The fraction of sp³-hybridized carbons (Fsp3) is 0.289. The predicted octanol–water partition coefficient (Wildman–Crippen LogP) is 16.1. The van der Waals surface area contributed by atoms with E-state index in [2.05, 4.69) is 79.7 Å². The zero-order valence-corrected chi connectivity index (χ0v) is 82.0. The third-order valence-corrected chi connectivity index (χ3v) is 25.7. The Hall–Kier alpha value is -9.10. The number of aryl methyl sites for hydroxylation is 2. The fourth-order valence-corrected chi connectivity index (χ4v) is 18.9. The zero-order chi connectivity index (χ0) is 84.5. The number of thioether (sulfide) groups is 2. The molecule has 0 aliphatic carbocycles. The Labute approximate surface area is 808 Å². The van der Waals surface area contributed by atoms with Gasteiger partial charge in [-0.15, -0.1) is 0 Å². The van der Waals surface area contributed by atoms with Gasteiger partial charge in [0.05, 0.1) is 78.1 Å². The number of hydrogen-bond donors (Lipinski definition) is 0. The minimum Gasteiger partial charge on any atom is -0.522 e. The van der Waals surface area contributed by atoms with Gasteiger partial charge in [0.25, 0.3) is 17.7 Å². The van der Waals surface area contributed by atoms with Gasteiger partial charge in [-0.2, -0.15) is 23.5 Å². The standard InChI is InChI=1S/C49H50N5O6S.C48H46N5O6S.3Y/c1-29-16-38-41(51(4)30(2)47-37-15-11-9-13-34(37)24-54(47)49(38)57)22-43(29)59-26-31-17-32(19-35(18-31)52(5)46(55)28-61-7)27-60-45-21-40-39(20-44(45)58-6)48(56)53-23-33-12-8-10-14-36(33)42(53)25-50(40)3;1-29-15-37-39(49(2)24-41-35-13-9-7-11-32(35)22-52(41)47(37)55)20-43(29)58-26-30-16-31(18-34(17-30)51(4)46(54)28-60-6)27-59-45-21-40-38(19-44(45)57-5)48(56)53-23-33-12-8-10-14-36(33)42(53)25-50(40)3;;;/h8-22,25,30,42,47H,23-24,26-28H2,1-7H3;7-21,25,41-42H,22-23,26-28H2,1-6H3;;;/q2*-1;;;/t30?,42-,47-;41-,42-;;;/m11.../s1. The Kier molecular flexibility index (Phi) is 28.1. The van der Waals surface area contributed by atoms with Crippen LogP contribution >= 0.6 is 23.5 Å². The number of carbonyl (C=O) groups excluding carboxylic acids is 6. The zero-order valence-electron chi connectivity index (χ0n) is 71.9. The summed E-state index contributed by atoms with van der Waals surface area (Å²) in [5.41, 5.74) is 20.9. The number of carbonyl (C=O) groups is 6. The molecule has 1 unspecified atom stereocenters. The number of ether oxygens (including phenoxy) is 6. The maximum absolute atomic E-state index is 14.1. The Morgan fingerprint density at radius 1 is 0.452 bits per heavy atom. The number of benzene rings is 10. The Morgan fingerprint density at radius 3 is 1.27 bits per heavy atom. The van der Waals surface area contributed by atoms with Crippen molar-refractivity contribution in [3.63, 3.8) is 0 Å². The molecule has 6 amide bonds. The van der Waals surface area contributed by atoms with E-state index in [-0.39, 0.29) is 190 Å². The number of amides is 6. The number of anilines is 5. The van der Waals surface area contributed by atoms with Gasteiger partial charge in [-0.3, -0.25) is 28.8 Å². The summed E-state index contributed by atoms with van der Waals surface area (Å²) in [6.07, 6.45) is 7.33. The smallest absolute Gasteiger partial charge is 0.256 e. The summed E-state index contributed by atoms with van der Waals surface area (Å²) < 4.78 is 39.6. The second-order valence-corrected chi connectivity index (χ2v) is 33.8. The van der Waals surface area contributed by atoms with Crippen LogP contribution in [0.25, 0.3) is 0 Å². The minimum absolute atomic E-state index is 0. The second kappa shape index (κ2) is 38.2. The van der Waals surface area contributed by atoms with Crippen molar-refractivity contribution in [3.05, 3.63) is 295 Å². The van der Waals surface area contributed by atoms with Crippen LogP contribution < -0.4 is 52.9 Å². The summed E-state index contributed by atoms with van der Waals surface area (Å²) in [5.74, 6) is 3.64. The third kappa shape index (κ3) is 17.4. The van der Waals surface area contributed by atoms with E-state index in [4.69, 9.17) is 28.4 Å². The molecule has 0 aromatic heterocycles. The molecule has 0 fully saturated rings. The molecule has 8 heterocycles. The minimum atomic E-state index is -0.270. The molecule has 18 rings (SSSR count). The molecule has 0 N–H and O–H groups in total. The quantitative estimate of drug-likeness (QED) is 0.0517. The summed E-state index contributed by atoms with van der Waals surface area (Å²) in [6, 6.07) is 59.0. The van der Waals surface area contributed by atoms with Gasteiger partial charge >= 0.3 is 0 Å². The predicted molar refractivity (Wildman–Crippen MR) is 472 cm³/mol. The Morgan fingerprint density at radius 2 is 0.815 bits per heavy atom. The molecule has 0 saturated carbocycles. The van der Waals surface area contributed by atoms with Gasteiger partial charge in [0.15, 0.2) is 23.0 Å². The van der Waals surface area contributed by atoms with Gasteiger partial charge in [0.1, 0.15) is 45.0 Å². The topological polar surface area (TPSA) is 190 Å². The first kappa shape index (κ1) is 91.1. The van der Waals surface area contributed by atoms with Crippen molar-refractivity contribution in [3.8, 4) is 34.5 Å². The number of fused-ring (bicyclic) bond motifs is 16. The van der Waals surface area contributed by atoms with Crippen molar-refractivity contribution in [1.29, 1.82) is 0 Å². The maximum Gasteiger partial charge on any atom is 0.256 e. The molecule has 5 atom stereocenters. The van der Waals surface area contributed by atoms with Crippen LogP contribution in [0.2, 0.25) is 0 Å². The molecule has 10 aromatic rings. The summed E-state index contributed by atoms with van der Waals surface area (Å²) in [4.78, 5) is 99.6. The van der Waals surface area contributed by atoms with Crippen molar-refractivity contribution in [2.75, 3.05) is 105 Å². The summed E-state index contributed by atoms with van der Waals surface area (Å²) in [7, 11) is 14.6. The van der Waals surface area contributed by atoms with E-state index in [1.54, 1.807) is 50.2 Å². The van der Waals surface area contributed by atoms with E-state index in [0.717, 1.165) is 89.5 Å². The Bertz CT molecular complexity index is 5920. The molecule has 0 spiro atoms. The monoisotopic (exact) mass is 1920 g/mol. The van der Waals surface area contributed by atoms with Gasteiger partial charge < -0.3 is 77.1 Å². The van der Waals surface area contributed by atoms with Crippen molar-refractivity contribution >= 4 is 99.3 Å². The van der Waals surface area contributed by atoms with Gasteiger partial charge in [0, 0.05) is 192 Å². The van der Waals surface area contributed by atoms with Gasteiger partial charge in [0.2, 0.25) is 17.7 Å². The molecule has 3 radical (unpaired) electrons. The molecule has 8 aliphatic heterocycles. The third-order valence-electron chi connectivity index (χ3n) is 24.6. The second-order valence-electron chi connectivity index (χ2n) is 32.1. The van der Waals surface area contributed by atoms with E-state index in [9.17, 15) is 28.8 Å². The summed E-state index contributed by atoms with van der Waals surface area (Å²) in [5, 5.41) is 0. The fourth-order valence-electron chi connectivity index (χ4n) is 18.0. The van der Waals surface area contributed by atoms with Crippen molar-refractivity contribution in [2.45, 2.75) is 104 Å². The molecule has 124 heavy (non-hydrogen) atoms. The molecular weight excluding hydrogens is 1830 g/mol. The number of hydrogen-bond acceptors (Lipinski definition) is 17. The number of nitrogens with zero attached hydrogens (tertiary/aromatic N) is 10. The summed E-state index contributed by atoms with van der Waals surface area (Å²) >= 11 is 2.94. The first-order valence-corrected chi connectivity index (χ1v) is 43.2. The van der Waals surface area contributed by atoms with Crippen LogP contribution in [0.5, 0.6) is 34.5 Å². The average molecular weight is 1920 g/mol. The first-order chi connectivity index (χ1) is 58.5. The van der Waals surface area contributed by atoms with Crippen molar-refractivity contribution < 1.29 is 160 Å². The molecule has 0 saturated heterocycles. The molecule has 10 aromatic carbocycles. The molecule has 629 valence electrons. The average Bonchev–Trinajstić information content (AvgIpc) is 1.65. The van der Waals surface area contributed by atoms with Crippen LogP contribution in [0.1, 0.15) is 150 Å². The van der Waals surface area contributed by atoms with E-state index in [1.165, 1.54) is 34.7 Å². The van der Waals surface area contributed by atoms with Crippen LogP contribution in [0.15, 0.2) is 182 Å². The number of rotatable bonds is 20. The van der Waals surface area contributed by atoms with Crippen LogP contribution in [0.3, 0.4) is 0 Å². The number of methoxy groups -OCH3 is 2. The van der Waals surface area contributed by atoms with Crippen LogP contribution in [0, 0.1) is 26.9 Å². The molecule has 8 aliphatic rings. The summed E-state index contributed by atoms with van der Waals surface area (Å²) in [6.45, 7) is 13.2. The van der Waals surface area contributed by atoms with Gasteiger partial charge in [-0.25, -0.2) is 13.1 Å². The van der Waals surface area contributed by atoms with Crippen LogP contribution in [0.4, 0.5) is 34.1 Å².